The Balaban J connectivity index is 1.77. The number of nitrogens with zero attached hydrogens (tertiary/aromatic N) is 2. The van der Waals surface area contributed by atoms with Crippen molar-refractivity contribution in [2.45, 2.75) is 25.8 Å². The summed E-state index contributed by atoms with van der Waals surface area (Å²) in [6.07, 6.45) is 7.11. The molecule has 5 nitrogen and oxygen atoms in total. The molecule has 88 valence electrons. The Bertz CT molecular complexity index is 357. The Morgan fingerprint density at radius 3 is 3.12 bits per heavy atom. The molecule has 0 spiro atoms. The smallest absolute Gasteiger partial charge is 0.271 e. The first-order valence-corrected chi connectivity index (χ1v) is 5.79. The maximum atomic E-state index is 11.6. The fourth-order valence-corrected chi connectivity index (χ4v) is 1.64. The molecule has 0 aliphatic heterocycles. The Morgan fingerprint density at radius 1 is 1.62 bits per heavy atom. The first-order valence-electron chi connectivity index (χ1n) is 5.79. The highest BCUT2D eigenvalue weighted by Crippen LogP contribution is 2.31. The van der Waals surface area contributed by atoms with E-state index < -0.39 is 0 Å². The molecule has 0 aromatic carbocycles. The quantitative estimate of drug-likeness (QED) is 0.730. The van der Waals surface area contributed by atoms with Gasteiger partial charge in [0, 0.05) is 25.8 Å². The summed E-state index contributed by atoms with van der Waals surface area (Å²) >= 11 is 0. The van der Waals surface area contributed by atoms with E-state index >= 15 is 0 Å². The third kappa shape index (κ3) is 3.06. The summed E-state index contributed by atoms with van der Waals surface area (Å²) in [6.45, 7) is 2.01. The fourth-order valence-electron chi connectivity index (χ4n) is 1.64. The van der Waals surface area contributed by atoms with Crippen LogP contribution in [-0.2, 0) is 6.54 Å². The number of nitrogens with one attached hydrogen (secondary N) is 1. The summed E-state index contributed by atoms with van der Waals surface area (Å²) in [4.78, 5) is 15.7. The second kappa shape index (κ2) is 5.12. The molecule has 1 aliphatic rings. The van der Waals surface area contributed by atoms with Crippen LogP contribution in [0.2, 0.25) is 0 Å². The highest BCUT2D eigenvalue weighted by molar-refractivity contribution is 5.91. The van der Waals surface area contributed by atoms with E-state index in [0.717, 1.165) is 18.9 Å². The molecule has 1 aromatic heterocycles. The molecule has 0 bridgehead atoms. The zero-order chi connectivity index (χ0) is 11.4. The predicted octanol–water partition coefficient (Wildman–Crippen LogP) is 0.372. The molecule has 5 heteroatoms. The number of nitrogens with two attached hydrogens (primary N) is 1. The molecular weight excluding hydrogens is 204 g/mol. The highest BCUT2D eigenvalue weighted by Gasteiger charge is 2.20. The summed E-state index contributed by atoms with van der Waals surface area (Å²) in [5, 5.41) is 2.88. The zero-order valence-electron chi connectivity index (χ0n) is 9.35. The van der Waals surface area contributed by atoms with Gasteiger partial charge in [-0.2, -0.15) is 0 Å². The Hall–Kier alpha value is -1.36. The standard InChI is InChI=1S/C11H18N4O/c12-4-6-15-7-10(14-8-15)11(16)13-5-3-9-1-2-9/h7-9H,1-6,12H2,(H,13,16). The minimum Gasteiger partial charge on any atom is -0.351 e. The monoisotopic (exact) mass is 222 g/mol. The van der Waals surface area contributed by atoms with Gasteiger partial charge in [-0.15, -0.1) is 0 Å². The predicted molar refractivity (Wildman–Crippen MR) is 61.0 cm³/mol. The van der Waals surface area contributed by atoms with Crippen molar-refractivity contribution in [3.63, 3.8) is 0 Å². The van der Waals surface area contributed by atoms with Gasteiger partial charge in [0.2, 0.25) is 0 Å². The molecule has 1 saturated carbocycles. The number of carbonyl (C=O) groups excluding carboxylic acids is 1. The maximum Gasteiger partial charge on any atom is 0.271 e. The van der Waals surface area contributed by atoms with Crippen LogP contribution in [0.1, 0.15) is 29.8 Å². The minimum absolute atomic E-state index is 0.0866. The maximum absolute atomic E-state index is 11.6. The SMILES string of the molecule is NCCn1cnc(C(=O)NCCC2CC2)c1. The van der Waals surface area contributed by atoms with E-state index in [1.807, 2.05) is 4.57 Å². The van der Waals surface area contributed by atoms with Crippen molar-refractivity contribution in [2.24, 2.45) is 11.7 Å². The van der Waals surface area contributed by atoms with Crippen LogP contribution in [0.25, 0.3) is 0 Å². The lowest BCUT2D eigenvalue weighted by atomic mass is 10.3. The number of carbonyl (C=O) groups is 1. The molecule has 16 heavy (non-hydrogen) atoms. The second-order valence-corrected chi connectivity index (χ2v) is 4.27. The number of rotatable bonds is 6. The van der Waals surface area contributed by atoms with Crippen LogP contribution in [0.4, 0.5) is 0 Å². The van der Waals surface area contributed by atoms with Gasteiger partial charge in [-0.1, -0.05) is 12.8 Å². The Labute approximate surface area is 95.0 Å². The molecule has 3 N–H and O–H groups in total. The number of aromatic nitrogens is 2. The van der Waals surface area contributed by atoms with Crippen LogP contribution in [0, 0.1) is 5.92 Å². The molecule has 0 atom stereocenters. The molecule has 2 rings (SSSR count). The van der Waals surface area contributed by atoms with Crippen LogP contribution in [-0.4, -0.2) is 28.5 Å². The van der Waals surface area contributed by atoms with Crippen molar-refractivity contribution in [2.75, 3.05) is 13.1 Å². The van der Waals surface area contributed by atoms with Crippen LogP contribution >= 0.6 is 0 Å². The number of hydrogen-bond donors (Lipinski definition) is 2. The largest absolute Gasteiger partial charge is 0.351 e. The van der Waals surface area contributed by atoms with Crippen LogP contribution in [0.3, 0.4) is 0 Å². The fraction of sp³-hybridized carbons (Fsp3) is 0.636. The van der Waals surface area contributed by atoms with E-state index in [9.17, 15) is 4.79 Å². The van der Waals surface area contributed by atoms with E-state index in [1.54, 1.807) is 12.5 Å². The van der Waals surface area contributed by atoms with Gasteiger partial charge in [0.25, 0.3) is 5.91 Å². The van der Waals surface area contributed by atoms with Gasteiger partial charge >= 0.3 is 0 Å². The van der Waals surface area contributed by atoms with Gasteiger partial charge < -0.3 is 15.6 Å². The van der Waals surface area contributed by atoms with Gasteiger partial charge in [-0.05, 0) is 12.3 Å². The number of amides is 1. The molecule has 0 saturated heterocycles. The lowest BCUT2D eigenvalue weighted by Gasteiger charge is -2.01. The summed E-state index contributed by atoms with van der Waals surface area (Å²) in [7, 11) is 0. The highest BCUT2D eigenvalue weighted by atomic mass is 16.1. The van der Waals surface area contributed by atoms with Gasteiger partial charge in [0.05, 0.1) is 6.33 Å². The lowest BCUT2D eigenvalue weighted by molar-refractivity contribution is 0.0948. The molecule has 0 unspecified atom stereocenters. The first kappa shape index (κ1) is 11.1. The van der Waals surface area contributed by atoms with Crippen LogP contribution in [0.15, 0.2) is 12.5 Å². The van der Waals surface area contributed by atoms with E-state index in [2.05, 4.69) is 10.3 Å². The Kier molecular flexibility index (Phi) is 3.56. The normalized spacial score (nSPS) is 15.1. The van der Waals surface area contributed by atoms with Gasteiger partial charge in [-0.3, -0.25) is 4.79 Å². The summed E-state index contributed by atoms with van der Waals surface area (Å²) in [5.41, 5.74) is 5.89. The first-order chi connectivity index (χ1) is 7.79. The van der Waals surface area contributed by atoms with Crippen LogP contribution in [0.5, 0.6) is 0 Å². The van der Waals surface area contributed by atoms with E-state index in [-0.39, 0.29) is 5.91 Å². The summed E-state index contributed by atoms with van der Waals surface area (Å²) in [6, 6.07) is 0. The average molecular weight is 222 g/mol. The molecule has 1 heterocycles. The summed E-state index contributed by atoms with van der Waals surface area (Å²) < 4.78 is 1.83. The summed E-state index contributed by atoms with van der Waals surface area (Å²) in [5.74, 6) is 0.756. The van der Waals surface area contributed by atoms with Crippen molar-refractivity contribution in [3.05, 3.63) is 18.2 Å². The number of imidazole rings is 1. The third-order valence-electron chi connectivity index (χ3n) is 2.79. The average Bonchev–Trinajstić information content (AvgIpc) is 2.97. The van der Waals surface area contributed by atoms with Gasteiger partial charge in [0.15, 0.2) is 0 Å². The zero-order valence-corrected chi connectivity index (χ0v) is 9.35. The van der Waals surface area contributed by atoms with E-state index in [4.69, 9.17) is 5.73 Å². The van der Waals surface area contributed by atoms with Crippen molar-refractivity contribution in [1.82, 2.24) is 14.9 Å². The van der Waals surface area contributed by atoms with E-state index in [0.29, 0.717) is 18.8 Å². The third-order valence-corrected chi connectivity index (χ3v) is 2.79. The molecule has 1 aliphatic carbocycles. The van der Waals surface area contributed by atoms with Crippen molar-refractivity contribution < 1.29 is 4.79 Å². The lowest BCUT2D eigenvalue weighted by Crippen LogP contribution is -2.25. The molecule has 0 radical (unpaired) electrons. The Morgan fingerprint density at radius 2 is 2.44 bits per heavy atom. The van der Waals surface area contributed by atoms with Gasteiger partial charge in [0.1, 0.15) is 5.69 Å². The number of hydrogen-bond acceptors (Lipinski definition) is 3. The van der Waals surface area contributed by atoms with Crippen LogP contribution < -0.4 is 11.1 Å². The molecule has 1 fully saturated rings. The van der Waals surface area contributed by atoms with E-state index in [1.165, 1.54) is 12.8 Å². The molecule has 1 amide bonds. The minimum atomic E-state index is -0.0866. The van der Waals surface area contributed by atoms with Gasteiger partial charge in [-0.25, -0.2) is 4.98 Å². The molecular formula is C11H18N4O. The topological polar surface area (TPSA) is 72.9 Å². The second-order valence-electron chi connectivity index (χ2n) is 4.27. The van der Waals surface area contributed by atoms with Crippen molar-refractivity contribution >= 4 is 5.91 Å². The molecule has 1 aromatic rings. The van der Waals surface area contributed by atoms with Crippen molar-refractivity contribution in [1.29, 1.82) is 0 Å². The van der Waals surface area contributed by atoms with Crippen molar-refractivity contribution in [3.8, 4) is 0 Å².